The lowest BCUT2D eigenvalue weighted by Crippen LogP contribution is -2.28. The molecule has 0 fully saturated rings. The summed E-state index contributed by atoms with van der Waals surface area (Å²) in [7, 11) is 0. The molecule has 0 aliphatic carbocycles. The lowest BCUT2D eigenvalue weighted by Gasteiger charge is -2.13. The average molecular weight is 283 g/mol. The number of nitrogens with zero attached hydrogens (tertiary/aromatic N) is 1. The maximum Gasteiger partial charge on any atom is 0.269 e. The van der Waals surface area contributed by atoms with Gasteiger partial charge in [0, 0.05) is 13.1 Å². The van der Waals surface area contributed by atoms with Crippen molar-refractivity contribution in [2.24, 2.45) is 0 Å². The third-order valence-corrected chi connectivity index (χ3v) is 3.31. The van der Waals surface area contributed by atoms with Crippen LogP contribution in [0.2, 0.25) is 0 Å². The van der Waals surface area contributed by atoms with Gasteiger partial charge in [-0.1, -0.05) is 37.3 Å². The predicted octanol–water partition coefficient (Wildman–Crippen LogP) is 3.05. The van der Waals surface area contributed by atoms with Gasteiger partial charge in [0.2, 0.25) is 0 Å². The molecule has 1 unspecified atom stereocenters. The average Bonchev–Trinajstić information content (AvgIpc) is 2.54. The molecule has 4 nitrogen and oxygen atoms in total. The smallest absolute Gasteiger partial charge is 0.269 e. The number of carbonyl (C=O) groups is 1. The van der Waals surface area contributed by atoms with Crippen molar-refractivity contribution in [1.82, 2.24) is 10.3 Å². The summed E-state index contributed by atoms with van der Waals surface area (Å²) in [5.74, 6) is 0.136. The summed E-state index contributed by atoms with van der Waals surface area (Å²) in [6.45, 7) is 5.55. The summed E-state index contributed by atoms with van der Waals surface area (Å²) in [5, 5.41) is 6.08. The van der Waals surface area contributed by atoms with E-state index in [9.17, 15) is 4.79 Å². The number of anilines is 1. The van der Waals surface area contributed by atoms with Crippen molar-refractivity contribution in [3.8, 4) is 0 Å². The minimum Gasteiger partial charge on any atom is -0.384 e. The molecule has 0 aliphatic heterocycles. The van der Waals surface area contributed by atoms with Crippen LogP contribution in [0.15, 0.2) is 48.7 Å². The Morgan fingerprint density at radius 2 is 1.95 bits per heavy atom. The fourth-order valence-corrected chi connectivity index (χ4v) is 2.07. The summed E-state index contributed by atoms with van der Waals surface area (Å²) < 4.78 is 0. The normalized spacial score (nSPS) is 11.7. The number of hydrogen-bond acceptors (Lipinski definition) is 3. The molecule has 21 heavy (non-hydrogen) atoms. The minimum atomic E-state index is -0.138. The standard InChI is InChI=1S/C17H21N3O/c1-3-18-15-9-10-16(19-12-15)17(21)20-11-13(2)14-7-5-4-6-8-14/h4-10,12-13,18H,3,11H2,1-2H3,(H,20,21). The Balaban J connectivity index is 1.89. The second kappa shape index (κ2) is 7.43. The SMILES string of the molecule is CCNc1ccc(C(=O)NCC(C)c2ccccc2)nc1. The molecule has 0 saturated heterocycles. The van der Waals surface area contributed by atoms with Gasteiger partial charge in [-0.2, -0.15) is 0 Å². The highest BCUT2D eigenvalue weighted by Gasteiger charge is 2.10. The van der Waals surface area contributed by atoms with E-state index in [0.29, 0.717) is 12.2 Å². The third-order valence-electron chi connectivity index (χ3n) is 3.31. The summed E-state index contributed by atoms with van der Waals surface area (Å²) in [6.07, 6.45) is 1.68. The van der Waals surface area contributed by atoms with Crippen LogP contribution < -0.4 is 10.6 Å². The number of carbonyl (C=O) groups excluding carboxylic acids is 1. The third kappa shape index (κ3) is 4.31. The molecule has 0 radical (unpaired) electrons. The number of nitrogens with one attached hydrogen (secondary N) is 2. The molecule has 0 saturated carbocycles. The maximum absolute atomic E-state index is 12.1. The van der Waals surface area contributed by atoms with E-state index in [0.717, 1.165) is 12.2 Å². The maximum atomic E-state index is 12.1. The van der Waals surface area contributed by atoms with E-state index in [2.05, 4.69) is 34.7 Å². The molecule has 1 aromatic carbocycles. The monoisotopic (exact) mass is 283 g/mol. The molecule has 0 spiro atoms. The van der Waals surface area contributed by atoms with Gasteiger partial charge in [-0.25, -0.2) is 4.98 Å². The zero-order valence-corrected chi connectivity index (χ0v) is 12.5. The van der Waals surface area contributed by atoms with Crippen LogP contribution in [-0.2, 0) is 0 Å². The fraction of sp³-hybridized carbons (Fsp3) is 0.294. The van der Waals surface area contributed by atoms with E-state index in [1.165, 1.54) is 5.56 Å². The van der Waals surface area contributed by atoms with E-state index in [1.54, 1.807) is 12.3 Å². The van der Waals surface area contributed by atoms with Gasteiger partial charge in [0.1, 0.15) is 5.69 Å². The van der Waals surface area contributed by atoms with Crippen LogP contribution in [0.5, 0.6) is 0 Å². The molecule has 1 atom stereocenters. The lowest BCUT2D eigenvalue weighted by molar-refractivity contribution is 0.0946. The zero-order chi connectivity index (χ0) is 15.1. The number of aromatic nitrogens is 1. The van der Waals surface area contributed by atoms with Crippen LogP contribution >= 0.6 is 0 Å². The van der Waals surface area contributed by atoms with Crippen LogP contribution in [0.25, 0.3) is 0 Å². The Morgan fingerprint density at radius 3 is 2.57 bits per heavy atom. The topological polar surface area (TPSA) is 54.0 Å². The molecule has 0 bridgehead atoms. The number of hydrogen-bond donors (Lipinski definition) is 2. The van der Waals surface area contributed by atoms with Gasteiger partial charge in [0.25, 0.3) is 5.91 Å². The van der Waals surface area contributed by atoms with Crippen molar-refractivity contribution in [3.05, 3.63) is 59.9 Å². The molecule has 1 heterocycles. The second-order valence-electron chi connectivity index (χ2n) is 4.98. The first-order chi connectivity index (χ1) is 10.2. The molecule has 0 aliphatic rings. The predicted molar refractivity (Wildman–Crippen MR) is 85.6 cm³/mol. The molecule has 2 rings (SSSR count). The van der Waals surface area contributed by atoms with Gasteiger partial charge in [0.05, 0.1) is 11.9 Å². The highest BCUT2D eigenvalue weighted by atomic mass is 16.1. The first kappa shape index (κ1) is 15.0. The number of benzene rings is 1. The van der Waals surface area contributed by atoms with Crippen molar-refractivity contribution in [2.75, 3.05) is 18.4 Å². The highest BCUT2D eigenvalue weighted by molar-refractivity contribution is 5.92. The quantitative estimate of drug-likeness (QED) is 0.856. The van der Waals surface area contributed by atoms with Crippen LogP contribution in [0.1, 0.15) is 35.8 Å². The van der Waals surface area contributed by atoms with E-state index in [-0.39, 0.29) is 11.8 Å². The van der Waals surface area contributed by atoms with Crippen molar-refractivity contribution < 1.29 is 4.79 Å². The van der Waals surface area contributed by atoms with Gasteiger partial charge >= 0.3 is 0 Å². The Bertz CT molecular complexity index is 566. The Hall–Kier alpha value is -2.36. The molecule has 110 valence electrons. The van der Waals surface area contributed by atoms with Gasteiger partial charge in [-0.3, -0.25) is 4.79 Å². The highest BCUT2D eigenvalue weighted by Crippen LogP contribution is 2.13. The fourth-order valence-electron chi connectivity index (χ4n) is 2.07. The van der Waals surface area contributed by atoms with Crippen molar-refractivity contribution in [2.45, 2.75) is 19.8 Å². The van der Waals surface area contributed by atoms with Crippen LogP contribution in [-0.4, -0.2) is 24.0 Å². The molecule has 1 aromatic heterocycles. The summed E-state index contributed by atoms with van der Waals surface area (Å²) in [4.78, 5) is 16.2. The summed E-state index contributed by atoms with van der Waals surface area (Å²) >= 11 is 0. The largest absolute Gasteiger partial charge is 0.384 e. The van der Waals surface area contributed by atoms with Crippen molar-refractivity contribution in [3.63, 3.8) is 0 Å². The number of pyridine rings is 1. The zero-order valence-electron chi connectivity index (χ0n) is 12.5. The van der Waals surface area contributed by atoms with E-state index >= 15 is 0 Å². The van der Waals surface area contributed by atoms with Gasteiger partial charge in [0.15, 0.2) is 0 Å². The summed E-state index contributed by atoms with van der Waals surface area (Å²) in [6, 6.07) is 13.8. The van der Waals surface area contributed by atoms with E-state index < -0.39 is 0 Å². The van der Waals surface area contributed by atoms with Crippen molar-refractivity contribution in [1.29, 1.82) is 0 Å². The minimum absolute atomic E-state index is 0.138. The molecule has 1 amide bonds. The first-order valence-electron chi connectivity index (χ1n) is 7.23. The Kier molecular flexibility index (Phi) is 5.32. The van der Waals surface area contributed by atoms with Crippen LogP contribution in [0.4, 0.5) is 5.69 Å². The number of amides is 1. The number of rotatable bonds is 6. The van der Waals surface area contributed by atoms with Gasteiger partial charge in [-0.05, 0) is 30.5 Å². The molecular formula is C17H21N3O. The molecule has 2 N–H and O–H groups in total. The van der Waals surface area contributed by atoms with E-state index in [1.807, 2.05) is 31.2 Å². The van der Waals surface area contributed by atoms with Crippen LogP contribution in [0, 0.1) is 0 Å². The van der Waals surface area contributed by atoms with Crippen molar-refractivity contribution >= 4 is 11.6 Å². The second-order valence-corrected chi connectivity index (χ2v) is 4.98. The van der Waals surface area contributed by atoms with Gasteiger partial charge in [-0.15, -0.1) is 0 Å². The van der Waals surface area contributed by atoms with E-state index in [4.69, 9.17) is 0 Å². The Morgan fingerprint density at radius 1 is 1.19 bits per heavy atom. The Labute approximate surface area is 125 Å². The summed E-state index contributed by atoms with van der Waals surface area (Å²) in [5.41, 5.74) is 2.58. The van der Waals surface area contributed by atoms with Crippen LogP contribution in [0.3, 0.4) is 0 Å². The van der Waals surface area contributed by atoms with Gasteiger partial charge < -0.3 is 10.6 Å². The first-order valence-corrected chi connectivity index (χ1v) is 7.23. The lowest BCUT2D eigenvalue weighted by atomic mass is 10.0. The molecule has 4 heteroatoms. The molecule has 2 aromatic rings. The molecular weight excluding hydrogens is 262 g/mol.